The molecule has 0 fully saturated rings. The van der Waals surface area contributed by atoms with Gasteiger partial charge in [0, 0.05) is 11.9 Å². The highest BCUT2D eigenvalue weighted by atomic mass is 14.9. The lowest BCUT2D eigenvalue weighted by atomic mass is 9.94. The summed E-state index contributed by atoms with van der Waals surface area (Å²) in [5.74, 6) is 0.876. The van der Waals surface area contributed by atoms with E-state index >= 15 is 0 Å². The molecule has 1 aliphatic carbocycles. The molecule has 0 atom stereocenters. The molecule has 0 saturated heterocycles. The maximum absolute atomic E-state index is 4.40. The molecule has 62 valence electrons. The molecular formula is C10H12N2. The minimum absolute atomic E-state index is 0.876. The Bertz CT molecular complexity index is 329. The van der Waals surface area contributed by atoms with Gasteiger partial charge < -0.3 is 0 Å². The Morgan fingerprint density at radius 2 is 2.25 bits per heavy atom. The summed E-state index contributed by atoms with van der Waals surface area (Å²) in [6, 6.07) is 0. The van der Waals surface area contributed by atoms with Crippen LogP contribution in [0, 0.1) is 6.92 Å². The molecule has 1 heterocycles. The van der Waals surface area contributed by atoms with Crippen molar-refractivity contribution in [2.24, 2.45) is 0 Å². The van der Waals surface area contributed by atoms with Gasteiger partial charge in [-0.05, 0) is 31.7 Å². The number of aryl methyl sites for hydroxylation is 2. The second kappa shape index (κ2) is 2.70. The summed E-state index contributed by atoms with van der Waals surface area (Å²) in [7, 11) is 0. The van der Waals surface area contributed by atoms with Crippen LogP contribution in [0.4, 0.5) is 0 Å². The first-order valence-corrected chi connectivity index (χ1v) is 4.24. The summed E-state index contributed by atoms with van der Waals surface area (Å²) >= 11 is 0. The van der Waals surface area contributed by atoms with Crippen molar-refractivity contribution in [1.29, 1.82) is 0 Å². The molecule has 0 aromatic carbocycles. The molecular weight excluding hydrogens is 148 g/mol. The van der Waals surface area contributed by atoms with Crippen molar-refractivity contribution in [3.05, 3.63) is 35.4 Å². The predicted molar refractivity (Wildman–Crippen MR) is 47.9 cm³/mol. The Hall–Kier alpha value is -1.18. The molecule has 2 nitrogen and oxygen atoms in total. The normalized spacial score (nSPS) is 15.9. The lowest BCUT2D eigenvalue weighted by molar-refractivity contribution is 0.781. The first kappa shape index (κ1) is 7.47. The lowest BCUT2D eigenvalue weighted by Gasteiger charge is -2.15. The molecule has 2 heteroatoms. The zero-order valence-corrected chi connectivity index (χ0v) is 7.30. The monoisotopic (exact) mass is 160 g/mol. The first-order chi connectivity index (χ1) is 5.75. The molecule has 0 bridgehead atoms. The summed E-state index contributed by atoms with van der Waals surface area (Å²) in [6.07, 6.45) is 5.03. The quantitative estimate of drug-likeness (QED) is 0.541. The molecule has 0 saturated carbocycles. The van der Waals surface area contributed by atoms with Gasteiger partial charge in [-0.15, -0.1) is 0 Å². The number of nitrogens with zero attached hydrogens (tertiary/aromatic N) is 2. The second-order valence-electron chi connectivity index (χ2n) is 3.32. The molecule has 0 N–H and O–H groups in total. The van der Waals surface area contributed by atoms with E-state index in [0.717, 1.165) is 25.1 Å². The zero-order chi connectivity index (χ0) is 8.55. The average molecular weight is 160 g/mol. The minimum Gasteiger partial charge on any atom is -0.241 e. The summed E-state index contributed by atoms with van der Waals surface area (Å²) in [6.45, 7) is 5.91. The molecule has 1 aliphatic rings. The van der Waals surface area contributed by atoms with Crippen molar-refractivity contribution in [2.45, 2.75) is 26.2 Å². The van der Waals surface area contributed by atoms with Crippen molar-refractivity contribution in [1.82, 2.24) is 9.97 Å². The van der Waals surface area contributed by atoms with E-state index in [-0.39, 0.29) is 0 Å². The van der Waals surface area contributed by atoms with Gasteiger partial charge in [0.25, 0.3) is 0 Å². The first-order valence-electron chi connectivity index (χ1n) is 4.24. The van der Waals surface area contributed by atoms with E-state index in [2.05, 4.69) is 16.5 Å². The molecule has 0 spiro atoms. The van der Waals surface area contributed by atoms with Gasteiger partial charge in [0.15, 0.2) is 0 Å². The van der Waals surface area contributed by atoms with E-state index in [9.17, 15) is 0 Å². The van der Waals surface area contributed by atoms with Crippen LogP contribution in [0.15, 0.2) is 18.3 Å². The van der Waals surface area contributed by atoms with Gasteiger partial charge in [-0.2, -0.15) is 0 Å². The van der Waals surface area contributed by atoms with Gasteiger partial charge >= 0.3 is 0 Å². The van der Waals surface area contributed by atoms with Crippen molar-refractivity contribution >= 4 is 0 Å². The Kier molecular flexibility index (Phi) is 1.68. The van der Waals surface area contributed by atoms with E-state index in [1.807, 2.05) is 13.1 Å². The highest BCUT2D eigenvalue weighted by Crippen LogP contribution is 2.21. The standard InChI is InChI=1S/C10H12N2/c1-7-3-4-10-9(5-7)6-11-8(2)12-10/h6H,1,3-5H2,2H3. The molecule has 12 heavy (non-hydrogen) atoms. The van der Waals surface area contributed by atoms with E-state index in [1.54, 1.807) is 0 Å². The fraction of sp³-hybridized carbons (Fsp3) is 0.400. The van der Waals surface area contributed by atoms with Crippen LogP contribution in [-0.2, 0) is 12.8 Å². The molecule has 0 unspecified atom stereocenters. The molecule has 0 amide bonds. The van der Waals surface area contributed by atoms with Crippen LogP contribution in [0.25, 0.3) is 0 Å². The lowest BCUT2D eigenvalue weighted by Crippen LogP contribution is -2.08. The van der Waals surface area contributed by atoms with E-state index < -0.39 is 0 Å². The predicted octanol–water partition coefficient (Wildman–Crippen LogP) is 1.83. The zero-order valence-electron chi connectivity index (χ0n) is 7.30. The third kappa shape index (κ3) is 1.24. The Labute approximate surface area is 72.4 Å². The average Bonchev–Trinajstić information content (AvgIpc) is 2.05. The third-order valence-corrected chi connectivity index (χ3v) is 2.23. The topological polar surface area (TPSA) is 25.8 Å². The number of aromatic nitrogens is 2. The van der Waals surface area contributed by atoms with Crippen LogP contribution in [-0.4, -0.2) is 9.97 Å². The second-order valence-corrected chi connectivity index (χ2v) is 3.32. The SMILES string of the molecule is C=C1CCc2nc(C)ncc2C1. The van der Waals surface area contributed by atoms with Gasteiger partial charge in [-0.1, -0.05) is 12.2 Å². The minimum atomic E-state index is 0.876. The van der Waals surface area contributed by atoms with Gasteiger partial charge in [-0.3, -0.25) is 0 Å². The van der Waals surface area contributed by atoms with E-state index in [0.29, 0.717) is 0 Å². The van der Waals surface area contributed by atoms with Crippen LogP contribution < -0.4 is 0 Å². The van der Waals surface area contributed by atoms with Crippen molar-refractivity contribution in [2.75, 3.05) is 0 Å². The van der Waals surface area contributed by atoms with Crippen LogP contribution in [0.3, 0.4) is 0 Å². The molecule has 0 aliphatic heterocycles. The highest BCUT2D eigenvalue weighted by Gasteiger charge is 2.12. The molecule has 2 rings (SSSR count). The van der Waals surface area contributed by atoms with Gasteiger partial charge in [0.1, 0.15) is 5.82 Å². The van der Waals surface area contributed by atoms with Gasteiger partial charge in [0.05, 0.1) is 0 Å². The Morgan fingerprint density at radius 1 is 1.42 bits per heavy atom. The maximum Gasteiger partial charge on any atom is 0.125 e. The summed E-state index contributed by atoms with van der Waals surface area (Å²) in [4.78, 5) is 8.57. The van der Waals surface area contributed by atoms with Crippen LogP contribution in [0.2, 0.25) is 0 Å². The molecule has 0 radical (unpaired) electrons. The van der Waals surface area contributed by atoms with Gasteiger partial charge in [-0.25, -0.2) is 9.97 Å². The van der Waals surface area contributed by atoms with Crippen LogP contribution in [0.1, 0.15) is 23.5 Å². The summed E-state index contributed by atoms with van der Waals surface area (Å²) in [5.41, 5.74) is 3.78. The third-order valence-electron chi connectivity index (χ3n) is 2.23. The number of fused-ring (bicyclic) bond motifs is 1. The van der Waals surface area contributed by atoms with E-state index in [4.69, 9.17) is 0 Å². The highest BCUT2D eigenvalue weighted by molar-refractivity contribution is 5.27. The van der Waals surface area contributed by atoms with Crippen molar-refractivity contribution in [3.8, 4) is 0 Å². The fourth-order valence-electron chi connectivity index (χ4n) is 1.56. The molecule has 1 aromatic heterocycles. The van der Waals surface area contributed by atoms with Crippen molar-refractivity contribution in [3.63, 3.8) is 0 Å². The Balaban J connectivity index is 2.43. The number of allylic oxidation sites excluding steroid dienone is 1. The largest absolute Gasteiger partial charge is 0.241 e. The number of hydrogen-bond acceptors (Lipinski definition) is 2. The summed E-state index contributed by atoms with van der Waals surface area (Å²) in [5, 5.41) is 0. The molecule has 1 aromatic rings. The summed E-state index contributed by atoms with van der Waals surface area (Å²) < 4.78 is 0. The maximum atomic E-state index is 4.40. The Morgan fingerprint density at radius 3 is 3.08 bits per heavy atom. The van der Waals surface area contributed by atoms with Crippen LogP contribution in [0.5, 0.6) is 0 Å². The van der Waals surface area contributed by atoms with Gasteiger partial charge in [0.2, 0.25) is 0 Å². The van der Waals surface area contributed by atoms with Crippen molar-refractivity contribution < 1.29 is 0 Å². The van der Waals surface area contributed by atoms with E-state index in [1.165, 1.54) is 16.8 Å². The number of hydrogen-bond donors (Lipinski definition) is 0. The van der Waals surface area contributed by atoms with Crippen LogP contribution >= 0.6 is 0 Å². The number of rotatable bonds is 0. The fourth-order valence-corrected chi connectivity index (χ4v) is 1.56. The smallest absolute Gasteiger partial charge is 0.125 e.